The second-order valence-electron chi connectivity index (χ2n) is 5.26. The molecule has 0 aliphatic heterocycles. The van der Waals surface area contributed by atoms with E-state index in [4.69, 9.17) is 5.26 Å². The van der Waals surface area contributed by atoms with Crippen molar-refractivity contribution in [2.75, 3.05) is 0 Å². The topological polar surface area (TPSA) is 69.5 Å². The van der Waals surface area contributed by atoms with Crippen LogP contribution >= 0.6 is 0 Å². The predicted octanol–water partition coefficient (Wildman–Crippen LogP) is 2.02. The van der Waals surface area contributed by atoms with Gasteiger partial charge in [-0.05, 0) is 6.07 Å². The molecule has 19 heavy (non-hydrogen) atoms. The van der Waals surface area contributed by atoms with Crippen molar-refractivity contribution in [3.8, 4) is 17.5 Å². The third-order valence-electron chi connectivity index (χ3n) is 2.45. The zero-order valence-electron chi connectivity index (χ0n) is 11.0. The SMILES string of the molecule is C[Si](C)(C)C#Cc1cc2c(=O)c(C#N)c[nH]c2cn1. The Bertz CT molecular complexity index is 798. The highest BCUT2D eigenvalue weighted by Gasteiger charge is 2.08. The van der Waals surface area contributed by atoms with E-state index in [1.54, 1.807) is 12.3 Å². The molecule has 94 valence electrons. The van der Waals surface area contributed by atoms with E-state index in [2.05, 4.69) is 41.1 Å². The Morgan fingerprint density at radius 1 is 1.37 bits per heavy atom. The third kappa shape index (κ3) is 2.90. The van der Waals surface area contributed by atoms with Crippen LogP contribution in [-0.4, -0.2) is 18.0 Å². The standard InChI is InChI=1S/C14H13N3OSi/c1-19(2,3)5-4-11-6-12-13(9-16-11)17-8-10(7-15)14(12)18/h6,8-9H,1-3H3,(H,17,18). The highest BCUT2D eigenvalue weighted by Crippen LogP contribution is 2.08. The number of nitrogens with zero attached hydrogens (tertiary/aromatic N) is 2. The van der Waals surface area contributed by atoms with E-state index in [-0.39, 0.29) is 11.0 Å². The largest absolute Gasteiger partial charge is 0.358 e. The summed E-state index contributed by atoms with van der Waals surface area (Å²) in [4.78, 5) is 19.1. The number of aromatic nitrogens is 2. The van der Waals surface area contributed by atoms with Crippen LogP contribution < -0.4 is 5.43 Å². The van der Waals surface area contributed by atoms with E-state index >= 15 is 0 Å². The lowest BCUT2D eigenvalue weighted by Gasteiger charge is -2.03. The molecule has 0 aliphatic rings. The molecule has 0 aromatic carbocycles. The van der Waals surface area contributed by atoms with Crippen LogP contribution in [0.3, 0.4) is 0 Å². The zero-order valence-corrected chi connectivity index (χ0v) is 12.0. The molecule has 0 saturated carbocycles. The maximum Gasteiger partial charge on any atom is 0.207 e. The molecular weight excluding hydrogens is 254 g/mol. The van der Waals surface area contributed by atoms with Gasteiger partial charge in [-0.1, -0.05) is 25.6 Å². The molecule has 4 nitrogen and oxygen atoms in total. The van der Waals surface area contributed by atoms with Gasteiger partial charge < -0.3 is 4.98 Å². The molecule has 0 amide bonds. The Morgan fingerprint density at radius 3 is 2.74 bits per heavy atom. The number of aromatic amines is 1. The number of hydrogen-bond donors (Lipinski definition) is 1. The van der Waals surface area contributed by atoms with Gasteiger partial charge in [-0.15, -0.1) is 5.54 Å². The van der Waals surface area contributed by atoms with Crippen LogP contribution in [0.4, 0.5) is 0 Å². The first kappa shape index (κ1) is 13.1. The summed E-state index contributed by atoms with van der Waals surface area (Å²) in [6.45, 7) is 6.42. The minimum Gasteiger partial charge on any atom is -0.358 e. The van der Waals surface area contributed by atoms with E-state index in [9.17, 15) is 4.79 Å². The van der Waals surface area contributed by atoms with Gasteiger partial charge in [0.2, 0.25) is 5.43 Å². The van der Waals surface area contributed by atoms with Gasteiger partial charge >= 0.3 is 0 Å². The van der Waals surface area contributed by atoms with Crippen molar-refractivity contribution in [2.45, 2.75) is 19.6 Å². The van der Waals surface area contributed by atoms with Crippen molar-refractivity contribution in [3.63, 3.8) is 0 Å². The van der Waals surface area contributed by atoms with Crippen molar-refractivity contribution in [1.29, 1.82) is 5.26 Å². The first-order valence-electron chi connectivity index (χ1n) is 5.85. The number of hydrogen-bond acceptors (Lipinski definition) is 3. The van der Waals surface area contributed by atoms with Gasteiger partial charge in [-0.3, -0.25) is 4.79 Å². The smallest absolute Gasteiger partial charge is 0.207 e. The Labute approximate surface area is 112 Å². The molecule has 2 heterocycles. The number of nitrogens with one attached hydrogen (secondary N) is 1. The number of H-pyrrole nitrogens is 1. The molecule has 2 rings (SSSR count). The Kier molecular flexibility index (Phi) is 3.24. The lowest BCUT2D eigenvalue weighted by atomic mass is 10.2. The van der Waals surface area contributed by atoms with E-state index in [0.717, 1.165) is 0 Å². The average molecular weight is 267 g/mol. The van der Waals surface area contributed by atoms with Gasteiger partial charge in [-0.2, -0.15) is 5.26 Å². The fourth-order valence-electron chi connectivity index (χ4n) is 1.52. The molecule has 2 aromatic rings. The highest BCUT2D eigenvalue weighted by atomic mass is 28.3. The summed E-state index contributed by atoms with van der Waals surface area (Å²) in [5.74, 6) is 3.01. The quantitative estimate of drug-likeness (QED) is 0.586. The molecule has 0 atom stereocenters. The van der Waals surface area contributed by atoms with Crippen molar-refractivity contribution in [2.24, 2.45) is 0 Å². The van der Waals surface area contributed by atoms with Crippen LogP contribution in [0.2, 0.25) is 19.6 Å². The van der Waals surface area contributed by atoms with Crippen LogP contribution in [0.25, 0.3) is 10.9 Å². The van der Waals surface area contributed by atoms with Crippen molar-refractivity contribution in [1.82, 2.24) is 9.97 Å². The monoisotopic (exact) mass is 267 g/mol. The van der Waals surface area contributed by atoms with Crippen LogP contribution in [0.1, 0.15) is 11.3 Å². The molecule has 2 aromatic heterocycles. The Morgan fingerprint density at radius 2 is 2.11 bits per heavy atom. The van der Waals surface area contributed by atoms with Gasteiger partial charge in [0.1, 0.15) is 25.4 Å². The van der Waals surface area contributed by atoms with Gasteiger partial charge in [0.05, 0.1) is 17.1 Å². The summed E-state index contributed by atoms with van der Waals surface area (Å²) in [6.07, 6.45) is 2.98. The molecule has 0 fully saturated rings. The van der Waals surface area contributed by atoms with Gasteiger partial charge in [-0.25, -0.2) is 4.98 Å². The van der Waals surface area contributed by atoms with E-state index < -0.39 is 8.07 Å². The fraction of sp³-hybridized carbons (Fsp3) is 0.214. The first-order valence-corrected chi connectivity index (χ1v) is 9.35. The second-order valence-corrected chi connectivity index (χ2v) is 10.0. The number of rotatable bonds is 0. The van der Waals surface area contributed by atoms with Crippen molar-refractivity contribution >= 4 is 19.0 Å². The summed E-state index contributed by atoms with van der Waals surface area (Å²) >= 11 is 0. The molecule has 1 N–H and O–H groups in total. The summed E-state index contributed by atoms with van der Waals surface area (Å²) in [6, 6.07) is 3.51. The molecule has 5 heteroatoms. The lowest BCUT2D eigenvalue weighted by Crippen LogP contribution is -2.16. The van der Waals surface area contributed by atoms with Crippen LogP contribution in [0.5, 0.6) is 0 Å². The van der Waals surface area contributed by atoms with Crippen molar-refractivity contribution < 1.29 is 0 Å². The highest BCUT2D eigenvalue weighted by molar-refractivity contribution is 6.83. The van der Waals surface area contributed by atoms with Gasteiger partial charge in [0.15, 0.2) is 0 Å². The second kappa shape index (κ2) is 4.72. The molecule has 0 radical (unpaired) electrons. The fourth-order valence-corrected chi connectivity index (χ4v) is 2.02. The number of pyridine rings is 2. The van der Waals surface area contributed by atoms with Gasteiger partial charge in [0, 0.05) is 6.20 Å². The van der Waals surface area contributed by atoms with Crippen LogP contribution in [-0.2, 0) is 0 Å². The summed E-state index contributed by atoms with van der Waals surface area (Å²) in [5, 5.41) is 9.30. The Hall–Kier alpha value is -2.37. The molecule has 0 bridgehead atoms. The van der Waals surface area contributed by atoms with Crippen molar-refractivity contribution in [3.05, 3.63) is 39.9 Å². The minimum absolute atomic E-state index is 0.0998. The van der Waals surface area contributed by atoms with Crippen LogP contribution in [0.15, 0.2) is 23.3 Å². The molecular formula is C14H13N3OSi. The van der Waals surface area contributed by atoms with Gasteiger partial charge in [0.25, 0.3) is 0 Å². The number of nitriles is 1. The molecule has 0 saturated heterocycles. The predicted molar refractivity (Wildman–Crippen MR) is 77.3 cm³/mol. The Balaban J connectivity index is 2.63. The van der Waals surface area contributed by atoms with E-state index in [0.29, 0.717) is 16.6 Å². The minimum atomic E-state index is -1.48. The zero-order chi connectivity index (χ0) is 14.0. The number of fused-ring (bicyclic) bond motifs is 1. The van der Waals surface area contributed by atoms with E-state index in [1.807, 2.05) is 6.07 Å². The third-order valence-corrected chi connectivity index (χ3v) is 3.33. The molecule has 0 aliphatic carbocycles. The first-order chi connectivity index (χ1) is 8.90. The maximum absolute atomic E-state index is 12.0. The maximum atomic E-state index is 12.0. The normalized spacial score (nSPS) is 10.6. The lowest BCUT2D eigenvalue weighted by molar-refractivity contribution is 1.26. The molecule has 0 spiro atoms. The van der Waals surface area contributed by atoms with E-state index in [1.165, 1.54) is 6.20 Å². The summed E-state index contributed by atoms with van der Waals surface area (Å²) in [7, 11) is -1.48. The summed E-state index contributed by atoms with van der Waals surface area (Å²) in [5.41, 5.74) is 4.20. The average Bonchev–Trinajstić information content (AvgIpc) is 2.36. The molecule has 0 unspecified atom stereocenters. The summed E-state index contributed by atoms with van der Waals surface area (Å²) < 4.78 is 0. The van der Waals surface area contributed by atoms with Crippen LogP contribution in [0, 0.1) is 22.8 Å².